The van der Waals surface area contributed by atoms with E-state index in [1.54, 1.807) is 0 Å². The minimum absolute atomic E-state index is 0.129. The number of aryl methyl sites for hydroxylation is 1. The Morgan fingerprint density at radius 1 is 1.31 bits per heavy atom. The van der Waals surface area contributed by atoms with Gasteiger partial charge in [0, 0.05) is 19.2 Å². The summed E-state index contributed by atoms with van der Waals surface area (Å²) in [6, 6.07) is 5.73. The fraction of sp³-hybridized carbons (Fsp3) is 0.600. The van der Waals surface area contributed by atoms with Crippen molar-refractivity contribution in [3.8, 4) is 0 Å². The number of anilines is 1. The highest BCUT2D eigenvalue weighted by Gasteiger charge is 2.19. The third kappa shape index (κ3) is 8.26. The van der Waals surface area contributed by atoms with Crippen molar-refractivity contribution in [1.29, 1.82) is 0 Å². The van der Waals surface area contributed by atoms with E-state index in [1.165, 1.54) is 0 Å². The number of fused-ring (bicyclic) bond motifs is 1. The minimum atomic E-state index is -0.476. The molecule has 4 N–H and O–H groups in total. The highest BCUT2D eigenvalue weighted by atomic mass is 16.6. The molecule has 9 nitrogen and oxygen atoms in total. The Balaban J connectivity index is 1.62. The van der Waals surface area contributed by atoms with Gasteiger partial charge in [0.05, 0.1) is 0 Å². The van der Waals surface area contributed by atoms with Crippen LogP contribution in [0, 0.1) is 12.1 Å². The average Bonchev–Trinajstić information content (AvgIpc) is 2.61. The van der Waals surface area contributed by atoms with Crippen LogP contribution in [0.3, 0.4) is 0 Å². The molecule has 29 heavy (non-hydrogen) atoms. The molecule has 0 saturated heterocycles. The summed E-state index contributed by atoms with van der Waals surface area (Å²) in [5.74, 6) is 0.496. The van der Waals surface area contributed by atoms with Crippen LogP contribution < -0.4 is 21.2 Å². The number of hydrogen-bond acceptors (Lipinski definition) is 5. The average molecular weight is 407 g/mol. The van der Waals surface area contributed by atoms with Crippen LogP contribution in [0.5, 0.6) is 0 Å². The van der Waals surface area contributed by atoms with Crippen molar-refractivity contribution in [2.24, 2.45) is 4.99 Å². The smallest absolute Gasteiger partial charge is 0.407 e. The molecule has 162 valence electrons. The summed E-state index contributed by atoms with van der Waals surface area (Å²) in [5, 5.41) is 18.0. The van der Waals surface area contributed by atoms with Crippen LogP contribution >= 0.6 is 0 Å². The molecule has 0 saturated carbocycles. The first-order chi connectivity index (χ1) is 13.6. The molecule has 1 aliphatic heterocycles. The third-order valence-electron chi connectivity index (χ3n) is 4.26. The van der Waals surface area contributed by atoms with E-state index in [4.69, 9.17) is 4.74 Å². The van der Waals surface area contributed by atoms with Crippen molar-refractivity contribution < 1.29 is 14.7 Å². The number of guanidine groups is 1. The van der Waals surface area contributed by atoms with Crippen LogP contribution in [0.4, 0.5) is 16.2 Å². The number of rotatable bonds is 8. The van der Waals surface area contributed by atoms with E-state index in [1.807, 2.05) is 52.9 Å². The van der Waals surface area contributed by atoms with Gasteiger partial charge in [0.2, 0.25) is 5.96 Å². The van der Waals surface area contributed by atoms with Gasteiger partial charge in [-0.3, -0.25) is 0 Å². The Kier molecular flexibility index (Phi) is 8.24. The van der Waals surface area contributed by atoms with Crippen molar-refractivity contribution in [2.45, 2.75) is 46.1 Å². The van der Waals surface area contributed by atoms with Crippen LogP contribution in [0.25, 0.3) is 0 Å². The van der Waals surface area contributed by atoms with Crippen LogP contribution in [-0.2, 0) is 4.74 Å². The Bertz CT molecular complexity index is 717. The number of benzene rings is 1. The molecular weight excluding hydrogens is 372 g/mol. The summed E-state index contributed by atoms with van der Waals surface area (Å²) in [7, 11) is 2.04. The van der Waals surface area contributed by atoms with Crippen LogP contribution in [-0.4, -0.2) is 55.8 Å². The van der Waals surface area contributed by atoms with E-state index in [9.17, 15) is 10.0 Å². The van der Waals surface area contributed by atoms with E-state index >= 15 is 0 Å². The van der Waals surface area contributed by atoms with Gasteiger partial charge in [-0.05, 0) is 72.3 Å². The molecule has 1 aliphatic rings. The van der Waals surface area contributed by atoms with Crippen molar-refractivity contribution in [1.82, 2.24) is 15.6 Å². The zero-order chi connectivity index (χ0) is 21.4. The molecular formula is C20H34N6O3. The molecule has 0 aromatic heterocycles. The molecule has 0 fully saturated rings. The fourth-order valence-electron chi connectivity index (χ4n) is 2.86. The zero-order valence-electron chi connectivity index (χ0n) is 18.1. The fourth-order valence-corrected chi connectivity index (χ4v) is 2.86. The molecule has 9 heteroatoms. The summed E-state index contributed by atoms with van der Waals surface area (Å²) in [5.41, 5.74) is 4.79. The summed E-state index contributed by atoms with van der Waals surface area (Å²) in [6.07, 6.45) is 1.34. The minimum Gasteiger partial charge on any atom is -0.603 e. The highest BCUT2D eigenvalue weighted by Crippen LogP contribution is 2.20. The molecule has 0 aliphatic carbocycles. The maximum Gasteiger partial charge on any atom is 0.407 e. The maximum absolute atomic E-state index is 12.2. The van der Waals surface area contributed by atoms with Crippen LogP contribution in [0.2, 0.25) is 0 Å². The second-order valence-corrected chi connectivity index (χ2v) is 8.30. The molecule has 1 aromatic carbocycles. The number of hydrogen-bond donors (Lipinski definition) is 4. The largest absolute Gasteiger partial charge is 0.603 e. The zero-order valence-corrected chi connectivity index (χ0v) is 18.1. The van der Waals surface area contributed by atoms with E-state index in [-0.39, 0.29) is 11.3 Å². The number of nitrogens with one attached hydrogen (secondary N) is 4. The highest BCUT2D eigenvalue weighted by molar-refractivity contribution is 5.96. The predicted octanol–water partition coefficient (Wildman–Crippen LogP) is 1.53. The van der Waals surface area contributed by atoms with Crippen molar-refractivity contribution in [3.63, 3.8) is 0 Å². The summed E-state index contributed by atoms with van der Waals surface area (Å²) in [4.78, 5) is 18.2. The van der Waals surface area contributed by atoms with E-state index in [0.717, 1.165) is 37.2 Å². The van der Waals surface area contributed by atoms with Gasteiger partial charge in [0.25, 0.3) is 0 Å². The van der Waals surface area contributed by atoms with E-state index < -0.39 is 5.60 Å². The summed E-state index contributed by atoms with van der Waals surface area (Å²) >= 11 is 0. The van der Waals surface area contributed by atoms with E-state index in [0.29, 0.717) is 24.7 Å². The number of quaternary nitrogens is 1. The summed E-state index contributed by atoms with van der Waals surface area (Å²) in [6.45, 7) is 10.4. The van der Waals surface area contributed by atoms with Gasteiger partial charge in [0.1, 0.15) is 11.3 Å². The molecule has 1 amide bonds. The van der Waals surface area contributed by atoms with Gasteiger partial charge in [-0.15, -0.1) is 0 Å². The SMILES string of the molecule is Cc1ccc2c(c1)[NH+]([O-])NC(=NCCCN(C)CCCNC(=O)OC(C)(C)C)N2. The molecule has 1 heterocycles. The number of carbonyl (C=O) groups excluding carboxylic acids is 1. The van der Waals surface area contributed by atoms with Crippen LogP contribution in [0.15, 0.2) is 23.2 Å². The molecule has 0 radical (unpaired) electrons. The predicted molar refractivity (Wildman–Crippen MR) is 115 cm³/mol. The standard InChI is InChI=1S/C20H34N6O3/c1-15-8-9-16-17(14-15)26(28)24-18(23-16)21-10-6-12-25(5)13-7-11-22-19(27)29-20(2,3)4/h8-9,14,26H,6-7,10-13H2,1-5H3,(H,22,27)(H2,21,23,24). The molecule has 1 atom stereocenters. The van der Waals surface area contributed by atoms with Gasteiger partial charge < -0.3 is 25.5 Å². The van der Waals surface area contributed by atoms with Gasteiger partial charge in [0.15, 0.2) is 5.69 Å². The lowest BCUT2D eigenvalue weighted by Crippen LogP contribution is -3.11. The third-order valence-corrected chi connectivity index (χ3v) is 4.26. The van der Waals surface area contributed by atoms with Crippen LogP contribution in [0.1, 0.15) is 39.2 Å². The molecule has 1 unspecified atom stereocenters. The number of ether oxygens (including phenoxy) is 1. The second-order valence-electron chi connectivity index (χ2n) is 8.30. The molecule has 2 rings (SSSR count). The molecule has 0 bridgehead atoms. The number of carbonyl (C=O) groups is 1. The van der Waals surface area contributed by atoms with Gasteiger partial charge in [-0.2, -0.15) is 5.43 Å². The Morgan fingerprint density at radius 3 is 2.76 bits per heavy atom. The Labute approximate surface area is 173 Å². The van der Waals surface area contributed by atoms with Crippen molar-refractivity contribution in [3.05, 3.63) is 29.0 Å². The quantitative estimate of drug-likeness (QED) is 0.385. The Morgan fingerprint density at radius 2 is 2.03 bits per heavy atom. The van der Waals surface area contributed by atoms with Gasteiger partial charge >= 0.3 is 6.09 Å². The topological polar surface area (TPSA) is 105 Å². The number of aliphatic imine (C=N–C) groups is 1. The lowest BCUT2D eigenvalue weighted by Gasteiger charge is -2.30. The second kappa shape index (κ2) is 10.4. The lowest BCUT2D eigenvalue weighted by atomic mass is 10.2. The normalized spacial score (nSPS) is 17.5. The summed E-state index contributed by atoms with van der Waals surface area (Å²) < 4.78 is 5.20. The maximum atomic E-state index is 12.2. The van der Waals surface area contributed by atoms with Gasteiger partial charge in [-0.1, -0.05) is 6.07 Å². The number of alkyl carbamates (subject to hydrolysis) is 1. The molecule has 1 aromatic rings. The van der Waals surface area contributed by atoms with Crippen molar-refractivity contribution in [2.75, 3.05) is 38.5 Å². The first-order valence-corrected chi connectivity index (χ1v) is 10.0. The lowest BCUT2D eigenvalue weighted by molar-refractivity contribution is -0.816. The first kappa shape index (κ1) is 22.9. The van der Waals surface area contributed by atoms with Crippen molar-refractivity contribution >= 4 is 23.4 Å². The van der Waals surface area contributed by atoms with E-state index in [2.05, 4.69) is 26.0 Å². The van der Waals surface area contributed by atoms with Gasteiger partial charge in [-0.25, -0.2) is 15.0 Å². The number of amides is 1. The Hall–Kier alpha value is -2.36. The monoisotopic (exact) mass is 406 g/mol. The molecule has 0 spiro atoms. The number of nitrogens with zero attached hydrogens (tertiary/aromatic N) is 2. The first-order valence-electron chi connectivity index (χ1n) is 10.0.